The lowest BCUT2D eigenvalue weighted by atomic mass is 9.94. The van der Waals surface area contributed by atoms with Gasteiger partial charge in [-0.2, -0.15) is 18.3 Å². The number of carbonyl (C=O) groups excluding carboxylic acids is 1. The molecule has 0 bridgehead atoms. The van der Waals surface area contributed by atoms with E-state index in [2.05, 4.69) is 10.1 Å². The Morgan fingerprint density at radius 2 is 1.94 bits per heavy atom. The van der Waals surface area contributed by atoms with Crippen LogP contribution in [0.25, 0.3) is 21.8 Å². The lowest BCUT2D eigenvalue weighted by Crippen LogP contribution is -2.18. The average Bonchev–Trinajstić information content (AvgIpc) is 3.26. The molecule has 5 rings (SSSR count). The normalized spacial score (nSPS) is 17.0. The molecular weight excluding hydrogens is 440 g/mol. The van der Waals surface area contributed by atoms with Gasteiger partial charge in [-0.3, -0.25) is 9.78 Å². The number of aromatic nitrogens is 3. The molecule has 33 heavy (non-hydrogen) atoms. The molecule has 170 valence electrons. The molecule has 2 aromatic carbocycles. The first-order valence-electron chi connectivity index (χ1n) is 10.3. The molecule has 2 aromatic heterocycles. The van der Waals surface area contributed by atoms with E-state index in [0.29, 0.717) is 19.1 Å². The highest BCUT2D eigenvalue weighted by Gasteiger charge is 2.35. The van der Waals surface area contributed by atoms with E-state index in [0.717, 1.165) is 18.9 Å². The maximum atomic E-state index is 14.5. The van der Waals surface area contributed by atoms with Crippen LogP contribution in [0.15, 0.2) is 42.7 Å². The van der Waals surface area contributed by atoms with Crippen molar-refractivity contribution in [3.63, 3.8) is 0 Å². The van der Waals surface area contributed by atoms with E-state index in [1.54, 1.807) is 0 Å². The maximum absolute atomic E-state index is 14.5. The first kappa shape index (κ1) is 21.3. The minimum absolute atomic E-state index is 0.00322. The van der Waals surface area contributed by atoms with Gasteiger partial charge in [0.1, 0.15) is 11.7 Å². The van der Waals surface area contributed by atoms with Gasteiger partial charge in [-0.25, -0.2) is 9.07 Å². The van der Waals surface area contributed by atoms with Crippen LogP contribution in [0, 0.1) is 5.82 Å². The number of alkyl halides is 3. The Balaban J connectivity index is 1.68. The Labute approximate surface area is 185 Å². The van der Waals surface area contributed by atoms with Gasteiger partial charge < -0.3 is 10.5 Å². The Morgan fingerprint density at radius 3 is 2.67 bits per heavy atom. The van der Waals surface area contributed by atoms with Crippen molar-refractivity contribution in [1.82, 2.24) is 14.8 Å². The summed E-state index contributed by atoms with van der Waals surface area (Å²) in [4.78, 5) is 17.3. The van der Waals surface area contributed by atoms with Gasteiger partial charge in [-0.1, -0.05) is 0 Å². The molecule has 1 aliphatic rings. The highest BCUT2D eigenvalue weighted by molar-refractivity contribution is 6.20. The fraction of sp³-hybridized carbons (Fsp3) is 0.261. The quantitative estimate of drug-likeness (QED) is 0.257. The molecule has 0 amide bonds. The molecule has 1 atom stereocenters. The number of hydrogen-bond donors (Lipinski definition) is 1. The third-order valence-electron chi connectivity index (χ3n) is 5.82. The van der Waals surface area contributed by atoms with Crippen LogP contribution in [0.1, 0.15) is 47.0 Å². The number of ether oxygens (including phenoxy) is 1. The number of halogens is 4. The smallest absolute Gasteiger partial charge is 0.398 e. The van der Waals surface area contributed by atoms with E-state index in [4.69, 9.17) is 10.5 Å². The fourth-order valence-electron chi connectivity index (χ4n) is 4.19. The van der Waals surface area contributed by atoms with E-state index < -0.39 is 29.6 Å². The summed E-state index contributed by atoms with van der Waals surface area (Å²) in [5, 5.41) is 4.43. The summed E-state index contributed by atoms with van der Waals surface area (Å²) in [5.41, 5.74) is 4.18. The summed E-state index contributed by atoms with van der Waals surface area (Å²) in [6.45, 7) is 0.539. The number of nitrogens with zero attached hydrogens (tertiary/aromatic N) is 3. The van der Waals surface area contributed by atoms with Gasteiger partial charge in [0, 0.05) is 40.9 Å². The molecule has 0 radical (unpaired) electrons. The maximum Gasteiger partial charge on any atom is 0.418 e. The lowest BCUT2D eigenvalue weighted by molar-refractivity contribution is -0.136. The topological polar surface area (TPSA) is 83.0 Å². The largest absolute Gasteiger partial charge is 0.418 e. The molecule has 0 aliphatic carbocycles. The van der Waals surface area contributed by atoms with Crippen molar-refractivity contribution in [3.05, 3.63) is 65.2 Å². The van der Waals surface area contributed by atoms with E-state index in [-0.39, 0.29) is 38.6 Å². The van der Waals surface area contributed by atoms with Crippen LogP contribution in [0.2, 0.25) is 0 Å². The van der Waals surface area contributed by atoms with Gasteiger partial charge in [0.25, 0.3) is 0 Å². The van der Waals surface area contributed by atoms with Gasteiger partial charge in [0.05, 0.1) is 16.8 Å². The predicted molar refractivity (Wildman–Crippen MR) is 113 cm³/mol. The minimum Gasteiger partial charge on any atom is -0.398 e. The molecule has 1 aliphatic heterocycles. The van der Waals surface area contributed by atoms with Crippen molar-refractivity contribution in [2.24, 2.45) is 0 Å². The molecular formula is C23H18F4N4O2. The summed E-state index contributed by atoms with van der Waals surface area (Å²) in [5.74, 6) is -1.42. The SMILES string of the molecule is Nc1c(C(=O)c2ccc(F)c3nn(C4CCCCO4)cc23)cc(C(F)(F)F)c2ncccc12. The summed E-state index contributed by atoms with van der Waals surface area (Å²) in [7, 11) is 0. The Hall–Kier alpha value is -3.53. The van der Waals surface area contributed by atoms with Crippen LogP contribution in [-0.2, 0) is 10.9 Å². The van der Waals surface area contributed by atoms with Crippen LogP contribution in [0.4, 0.5) is 23.2 Å². The molecule has 2 N–H and O–H groups in total. The average molecular weight is 458 g/mol. The van der Waals surface area contributed by atoms with Gasteiger partial charge in [-0.05, 0) is 49.6 Å². The number of fused-ring (bicyclic) bond motifs is 2. The van der Waals surface area contributed by atoms with Gasteiger partial charge >= 0.3 is 6.18 Å². The Bertz CT molecular complexity index is 1390. The van der Waals surface area contributed by atoms with Crippen LogP contribution < -0.4 is 5.73 Å². The lowest BCUT2D eigenvalue weighted by Gasteiger charge is -2.22. The highest BCUT2D eigenvalue weighted by atomic mass is 19.4. The van der Waals surface area contributed by atoms with Crippen molar-refractivity contribution in [2.45, 2.75) is 31.7 Å². The predicted octanol–water partition coefficient (Wildman–Crippen LogP) is 5.25. The Kier molecular flexibility index (Phi) is 5.04. The van der Waals surface area contributed by atoms with E-state index >= 15 is 0 Å². The molecule has 6 nitrogen and oxygen atoms in total. The first-order valence-corrected chi connectivity index (χ1v) is 10.3. The van der Waals surface area contributed by atoms with E-state index in [9.17, 15) is 22.4 Å². The summed E-state index contributed by atoms with van der Waals surface area (Å²) < 4.78 is 62.9. The van der Waals surface area contributed by atoms with Crippen LogP contribution in [-0.4, -0.2) is 27.2 Å². The number of nitrogen functional groups attached to an aromatic ring is 1. The number of carbonyl (C=O) groups is 1. The zero-order chi connectivity index (χ0) is 23.3. The highest BCUT2D eigenvalue weighted by Crippen LogP contribution is 2.39. The van der Waals surface area contributed by atoms with Crippen molar-refractivity contribution >= 4 is 33.3 Å². The number of ketones is 1. The second-order valence-electron chi connectivity index (χ2n) is 7.90. The second-order valence-corrected chi connectivity index (χ2v) is 7.90. The van der Waals surface area contributed by atoms with Gasteiger partial charge in [0.15, 0.2) is 11.6 Å². The van der Waals surface area contributed by atoms with Crippen molar-refractivity contribution in [3.8, 4) is 0 Å². The summed E-state index contributed by atoms with van der Waals surface area (Å²) in [6.07, 6.45) is 0.0655. The molecule has 10 heteroatoms. The third kappa shape index (κ3) is 3.60. The van der Waals surface area contributed by atoms with E-state index in [1.165, 1.54) is 35.3 Å². The minimum atomic E-state index is -4.75. The fourth-order valence-corrected chi connectivity index (χ4v) is 4.19. The Morgan fingerprint density at radius 1 is 1.12 bits per heavy atom. The molecule has 0 spiro atoms. The third-order valence-corrected chi connectivity index (χ3v) is 5.82. The number of nitrogens with two attached hydrogens (primary N) is 1. The molecule has 3 heterocycles. The van der Waals surface area contributed by atoms with Crippen molar-refractivity contribution in [1.29, 1.82) is 0 Å². The molecule has 1 saturated heterocycles. The number of hydrogen-bond acceptors (Lipinski definition) is 5. The number of anilines is 1. The number of rotatable bonds is 3. The summed E-state index contributed by atoms with van der Waals surface area (Å²) >= 11 is 0. The summed E-state index contributed by atoms with van der Waals surface area (Å²) in [6, 6.07) is 5.82. The second kappa shape index (κ2) is 7.80. The number of pyridine rings is 1. The zero-order valence-electron chi connectivity index (χ0n) is 17.2. The molecule has 1 fully saturated rings. The monoisotopic (exact) mass is 458 g/mol. The van der Waals surface area contributed by atoms with Gasteiger partial charge in [-0.15, -0.1) is 0 Å². The van der Waals surface area contributed by atoms with Crippen molar-refractivity contribution < 1.29 is 27.1 Å². The van der Waals surface area contributed by atoms with Crippen LogP contribution in [0.3, 0.4) is 0 Å². The first-order chi connectivity index (χ1) is 15.8. The van der Waals surface area contributed by atoms with Crippen LogP contribution >= 0.6 is 0 Å². The van der Waals surface area contributed by atoms with Gasteiger partial charge in [0.2, 0.25) is 0 Å². The van der Waals surface area contributed by atoms with Crippen LogP contribution in [0.5, 0.6) is 0 Å². The zero-order valence-corrected chi connectivity index (χ0v) is 17.2. The molecule has 0 saturated carbocycles. The number of benzene rings is 2. The molecule has 4 aromatic rings. The standard InChI is InChI=1S/C23H18F4N4O2/c24-17-7-6-12(15-11-31(30-21(15)17)18-5-1-2-9-33-18)22(32)14-10-16(23(25,26)27)20-13(19(14)28)4-3-8-29-20/h3-4,6-8,10-11,18H,1-2,5,9,28H2. The van der Waals surface area contributed by atoms with E-state index in [1.807, 2.05) is 0 Å². The van der Waals surface area contributed by atoms with Crippen molar-refractivity contribution in [2.75, 3.05) is 12.3 Å². The molecule has 1 unspecified atom stereocenters.